The van der Waals surface area contributed by atoms with Gasteiger partial charge in [0.1, 0.15) is 12.1 Å². The maximum atomic E-state index is 15.0. The molecule has 3 aromatic rings. The SMILES string of the molecule is Cc1cc(-c2ccc(-n3cnn(C/C(=C/F)CN)c3=O)c(F)c2)cc2c1NC(=O)CC2.Cl. The molecule has 0 unspecified atom stereocenters. The average Bonchev–Trinajstić information content (AvgIpc) is 3.12. The molecule has 0 fully saturated rings. The first-order valence-corrected chi connectivity index (χ1v) is 9.77. The molecule has 0 saturated heterocycles. The average molecular weight is 462 g/mol. The molecule has 7 nitrogen and oxygen atoms in total. The molecule has 1 aromatic heterocycles. The second kappa shape index (κ2) is 9.46. The normalized spacial score (nSPS) is 13.4. The summed E-state index contributed by atoms with van der Waals surface area (Å²) in [6.45, 7) is 1.74. The van der Waals surface area contributed by atoms with Crippen LogP contribution in [0.5, 0.6) is 0 Å². The largest absolute Gasteiger partial charge is 0.350 e. The second-order valence-corrected chi connectivity index (χ2v) is 7.45. The highest BCUT2D eigenvalue weighted by Gasteiger charge is 2.19. The van der Waals surface area contributed by atoms with Gasteiger partial charge in [0.2, 0.25) is 5.91 Å². The van der Waals surface area contributed by atoms with Crippen molar-refractivity contribution < 1.29 is 13.6 Å². The van der Waals surface area contributed by atoms with E-state index in [0.717, 1.165) is 31.6 Å². The van der Waals surface area contributed by atoms with Gasteiger partial charge in [0, 0.05) is 18.7 Å². The number of halogens is 3. The zero-order valence-corrected chi connectivity index (χ0v) is 18.1. The number of hydrogen-bond donors (Lipinski definition) is 2. The van der Waals surface area contributed by atoms with Crippen LogP contribution in [0.3, 0.4) is 0 Å². The van der Waals surface area contributed by atoms with Crippen molar-refractivity contribution >= 4 is 24.0 Å². The Labute approximate surface area is 189 Å². The highest BCUT2D eigenvalue weighted by atomic mass is 35.5. The van der Waals surface area contributed by atoms with Gasteiger partial charge >= 0.3 is 5.69 Å². The summed E-state index contributed by atoms with van der Waals surface area (Å²) >= 11 is 0. The lowest BCUT2D eigenvalue weighted by Crippen LogP contribution is -2.26. The Bertz CT molecular complexity index is 1270. The molecule has 0 spiro atoms. The summed E-state index contributed by atoms with van der Waals surface area (Å²) < 4.78 is 29.8. The van der Waals surface area contributed by atoms with Gasteiger partial charge in [-0.1, -0.05) is 6.07 Å². The predicted molar refractivity (Wildman–Crippen MR) is 120 cm³/mol. The topological polar surface area (TPSA) is 94.9 Å². The predicted octanol–water partition coefficient (Wildman–Crippen LogP) is 3.27. The van der Waals surface area contributed by atoms with Crippen molar-refractivity contribution in [3.05, 3.63) is 76.0 Å². The molecule has 32 heavy (non-hydrogen) atoms. The van der Waals surface area contributed by atoms with Crippen LogP contribution in [0, 0.1) is 12.7 Å². The second-order valence-electron chi connectivity index (χ2n) is 7.45. The van der Waals surface area contributed by atoms with Gasteiger partial charge in [-0.15, -0.1) is 12.4 Å². The fourth-order valence-corrected chi connectivity index (χ4v) is 3.68. The fourth-order valence-electron chi connectivity index (χ4n) is 3.68. The molecule has 0 radical (unpaired) electrons. The van der Waals surface area contributed by atoms with E-state index in [4.69, 9.17) is 5.73 Å². The fraction of sp³-hybridized carbons (Fsp3) is 0.227. The molecule has 2 heterocycles. The summed E-state index contributed by atoms with van der Waals surface area (Å²) in [5.41, 5.74) is 9.25. The van der Waals surface area contributed by atoms with Crippen molar-refractivity contribution in [3.63, 3.8) is 0 Å². The molecule has 1 aliphatic heterocycles. The number of hydrogen-bond acceptors (Lipinski definition) is 4. The molecular formula is C22H22ClF2N5O2. The zero-order chi connectivity index (χ0) is 22.1. The first-order valence-electron chi connectivity index (χ1n) is 9.77. The van der Waals surface area contributed by atoms with Crippen LogP contribution in [-0.4, -0.2) is 26.8 Å². The third-order valence-corrected chi connectivity index (χ3v) is 5.35. The molecular weight excluding hydrogens is 440 g/mol. The van der Waals surface area contributed by atoms with E-state index < -0.39 is 11.5 Å². The minimum Gasteiger partial charge on any atom is -0.327 e. The molecule has 0 saturated carbocycles. The standard InChI is InChI=1S/C22H21F2N5O2.ClH/c1-13-6-17(7-16-3-5-20(30)27-21(13)16)15-2-4-19(18(24)8-15)28-12-26-29(22(28)31)11-14(9-23)10-25;/h2,4,6-9,12H,3,5,10-11,25H2,1H3,(H,27,30);1H/b14-9+;. The quantitative estimate of drug-likeness (QED) is 0.609. The Hall–Kier alpha value is -3.30. The molecule has 2 aromatic carbocycles. The van der Waals surface area contributed by atoms with Crippen LogP contribution in [0.15, 0.2) is 53.4 Å². The number of amides is 1. The van der Waals surface area contributed by atoms with Crippen LogP contribution in [0.25, 0.3) is 16.8 Å². The minimum absolute atomic E-state index is 0. The van der Waals surface area contributed by atoms with Gasteiger partial charge in [-0.3, -0.25) is 4.79 Å². The monoisotopic (exact) mass is 461 g/mol. The van der Waals surface area contributed by atoms with Gasteiger partial charge in [-0.25, -0.2) is 22.8 Å². The number of nitrogens with one attached hydrogen (secondary N) is 1. The number of anilines is 1. The summed E-state index contributed by atoms with van der Waals surface area (Å²) in [5.74, 6) is -0.603. The Balaban J connectivity index is 0.00000289. The van der Waals surface area contributed by atoms with Crippen LogP contribution >= 0.6 is 12.4 Å². The number of nitrogens with two attached hydrogens (primary N) is 1. The van der Waals surface area contributed by atoms with E-state index in [2.05, 4.69) is 10.4 Å². The van der Waals surface area contributed by atoms with E-state index in [-0.39, 0.29) is 42.7 Å². The van der Waals surface area contributed by atoms with Crippen molar-refractivity contribution in [3.8, 4) is 16.8 Å². The number of carbonyl (C=O) groups is 1. The first-order chi connectivity index (χ1) is 14.9. The van der Waals surface area contributed by atoms with Gasteiger partial charge in [-0.05, 0) is 65.4 Å². The van der Waals surface area contributed by atoms with Crippen LogP contribution < -0.4 is 16.7 Å². The summed E-state index contributed by atoms with van der Waals surface area (Å²) in [7, 11) is 0. The van der Waals surface area contributed by atoms with Gasteiger partial charge in [0.05, 0.1) is 18.6 Å². The number of aryl methyl sites for hydroxylation is 2. The molecule has 1 amide bonds. The minimum atomic E-state index is -0.597. The number of nitrogens with zero attached hydrogens (tertiary/aromatic N) is 3. The molecule has 10 heteroatoms. The smallest absolute Gasteiger partial charge is 0.327 e. The van der Waals surface area contributed by atoms with E-state index in [1.54, 1.807) is 6.07 Å². The van der Waals surface area contributed by atoms with Crippen LogP contribution in [-0.2, 0) is 17.8 Å². The maximum absolute atomic E-state index is 15.0. The molecule has 4 rings (SSSR count). The zero-order valence-electron chi connectivity index (χ0n) is 17.3. The summed E-state index contributed by atoms with van der Waals surface area (Å²) in [4.78, 5) is 24.2. The number of rotatable bonds is 5. The van der Waals surface area contributed by atoms with Gasteiger partial charge < -0.3 is 11.1 Å². The lowest BCUT2D eigenvalue weighted by molar-refractivity contribution is -0.116. The van der Waals surface area contributed by atoms with Gasteiger partial charge in [0.25, 0.3) is 0 Å². The number of carbonyl (C=O) groups excluding carboxylic acids is 1. The Morgan fingerprint density at radius 2 is 2.00 bits per heavy atom. The van der Waals surface area contributed by atoms with E-state index in [9.17, 15) is 18.4 Å². The summed E-state index contributed by atoms with van der Waals surface area (Å²) in [5, 5.41) is 6.80. The van der Waals surface area contributed by atoms with Crippen LogP contribution in [0.2, 0.25) is 0 Å². The van der Waals surface area contributed by atoms with E-state index in [1.165, 1.54) is 18.5 Å². The highest BCUT2D eigenvalue weighted by Crippen LogP contribution is 2.33. The van der Waals surface area contributed by atoms with Crippen molar-refractivity contribution in [2.75, 3.05) is 11.9 Å². The van der Waals surface area contributed by atoms with Gasteiger partial charge in [-0.2, -0.15) is 5.10 Å². The molecule has 0 aliphatic carbocycles. The van der Waals surface area contributed by atoms with Crippen molar-refractivity contribution in [2.45, 2.75) is 26.3 Å². The maximum Gasteiger partial charge on any atom is 0.350 e. The lowest BCUT2D eigenvalue weighted by atomic mass is 9.93. The lowest BCUT2D eigenvalue weighted by Gasteiger charge is -2.20. The van der Waals surface area contributed by atoms with Gasteiger partial charge in [0.15, 0.2) is 0 Å². The molecule has 0 atom stereocenters. The third-order valence-electron chi connectivity index (χ3n) is 5.35. The van der Waals surface area contributed by atoms with Crippen molar-refractivity contribution in [1.82, 2.24) is 14.3 Å². The Kier molecular flexibility index (Phi) is 6.90. The molecule has 3 N–H and O–H groups in total. The highest BCUT2D eigenvalue weighted by molar-refractivity contribution is 5.95. The number of fused-ring (bicyclic) bond motifs is 1. The molecule has 168 valence electrons. The Morgan fingerprint density at radius 3 is 2.69 bits per heavy atom. The number of benzene rings is 2. The van der Waals surface area contributed by atoms with E-state index >= 15 is 0 Å². The van der Waals surface area contributed by atoms with E-state index in [0.29, 0.717) is 24.7 Å². The first kappa shape index (κ1) is 23.4. The third kappa shape index (κ3) is 4.35. The van der Waals surface area contributed by atoms with Crippen LogP contribution in [0.4, 0.5) is 14.5 Å². The summed E-state index contributed by atoms with van der Waals surface area (Å²) in [6.07, 6.45) is 2.58. The molecule has 1 aliphatic rings. The van der Waals surface area contributed by atoms with Crippen molar-refractivity contribution in [1.29, 1.82) is 0 Å². The molecule has 0 bridgehead atoms. The number of aromatic nitrogens is 3. The van der Waals surface area contributed by atoms with Crippen molar-refractivity contribution in [2.24, 2.45) is 5.73 Å². The Morgan fingerprint density at radius 1 is 1.22 bits per heavy atom. The van der Waals surface area contributed by atoms with E-state index in [1.807, 2.05) is 19.1 Å². The van der Waals surface area contributed by atoms with Crippen LogP contribution in [0.1, 0.15) is 17.5 Å². The summed E-state index contributed by atoms with van der Waals surface area (Å²) in [6, 6.07) is 8.41.